The Kier molecular flexibility index (Phi) is 5.39. The largest absolute Gasteiger partial charge is 0.259 e. The van der Waals surface area contributed by atoms with Crippen molar-refractivity contribution in [1.29, 1.82) is 0 Å². The molecule has 1 aliphatic rings. The predicted octanol–water partition coefficient (Wildman–Crippen LogP) is 3.12. The van der Waals surface area contributed by atoms with Gasteiger partial charge in [0, 0.05) is 22.7 Å². The van der Waals surface area contributed by atoms with Gasteiger partial charge in [-0.3, -0.25) is 4.40 Å². The van der Waals surface area contributed by atoms with E-state index in [1.54, 1.807) is 36.0 Å². The SMILES string of the molecule is Cc1cc(C)n2c(S[C@H]3CCCC[C@H]3NS(=O)(=O)c3ccccc3)nnc2n1. The molecule has 1 N–H and O–H groups in total. The third-order valence-electron chi connectivity index (χ3n) is 4.98. The molecule has 0 bridgehead atoms. The van der Waals surface area contributed by atoms with Crippen LogP contribution in [0.3, 0.4) is 0 Å². The Morgan fingerprint density at radius 1 is 1.11 bits per heavy atom. The van der Waals surface area contributed by atoms with E-state index in [-0.39, 0.29) is 11.3 Å². The van der Waals surface area contributed by atoms with Crippen LogP contribution in [0, 0.1) is 13.8 Å². The third-order valence-corrected chi connectivity index (χ3v) is 7.83. The van der Waals surface area contributed by atoms with Crippen LogP contribution in [0.2, 0.25) is 0 Å². The standard InChI is InChI=1S/C19H23N5O2S2/c1-13-12-14(2)24-18(20-13)21-22-19(24)27-17-11-7-6-10-16(17)23-28(25,26)15-8-4-3-5-9-15/h3-5,8-9,12,16-17,23H,6-7,10-11H2,1-2H3/t16-,17+/m1/s1. The van der Waals surface area contributed by atoms with Crippen molar-refractivity contribution in [2.45, 2.75) is 60.9 Å². The number of hydrogen-bond donors (Lipinski definition) is 1. The molecule has 1 saturated carbocycles. The zero-order valence-electron chi connectivity index (χ0n) is 15.9. The van der Waals surface area contributed by atoms with Gasteiger partial charge < -0.3 is 0 Å². The minimum atomic E-state index is -3.55. The number of hydrogen-bond acceptors (Lipinski definition) is 6. The molecule has 2 heterocycles. The first kappa shape index (κ1) is 19.4. The van der Waals surface area contributed by atoms with Gasteiger partial charge in [-0.15, -0.1) is 10.2 Å². The summed E-state index contributed by atoms with van der Waals surface area (Å²) in [5.74, 6) is 0.581. The van der Waals surface area contributed by atoms with Crippen molar-refractivity contribution >= 4 is 27.6 Å². The minimum Gasteiger partial charge on any atom is -0.259 e. The van der Waals surface area contributed by atoms with Gasteiger partial charge in [-0.2, -0.15) is 0 Å². The molecule has 7 nitrogen and oxygen atoms in total. The van der Waals surface area contributed by atoms with Crippen LogP contribution in [0.4, 0.5) is 0 Å². The molecule has 3 aromatic rings. The number of rotatable bonds is 5. The Morgan fingerprint density at radius 2 is 1.86 bits per heavy atom. The summed E-state index contributed by atoms with van der Waals surface area (Å²) in [6.45, 7) is 3.94. The Bertz CT molecular complexity index is 1080. The maximum atomic E-state index is 12.8. The lowest BCUT2D eigenvalue weighted by molar-refractivity contribution is 0.422. The van der Waals surface area contributed by atoms with Crippen molar-refractivity contribution in [2.24, 2.45) is 0 Å². The topological polar surface area (TPSA) is 89.2 Å². The summed E-state index contributed by atoms with van der Waals surface area (Å²) >= 11 is 1.59. The smallest absolute Gasteiger partial charge is 0.256 e. The van der Waals surface area contributed by atoms with Crippen molar-refractivity contribution in [1.82, 2.24) is 24.3 Å². The van der Waals surface area contributed by atoms with E-state index in [0.29, 0.717) is 10.7 Å². The molecule has 2 atom stereocenters. The van der Waals surface area contributed by atoms with Gasteiger partial charge in [0.15, 0.2) is 5.16 Å². The second-order valence-corrected chi connectivity index (χ2v) is 10.1. The zero-order valence-corrected chi connectivity index (χ0v) is 17.5. The first-order chi connectivity index (χ1) is 13.4. The highest BCUT2D eigenvalue weighted by Crippen LogP contribution is 2.34. The number of nitrogens with zero attached hydrogens (tertiary/aromatic N) is 4. The summed E-state index contributed by atoms with van der Waals surface area (Å²) in [5, 5.41) is 9.37. The van der Waals surface area contributed by atoms with Gasteiger partial charge in [-0.05, 0) is 44.9 Å². The molecule has 28 heavy (non-hydrogen) atoms. The summed E-state index contributed by atoms with van der Waals surface area (Å²) in [5.41, 5.74) is 1.92. The quantitative estimate of drug-likeness (QED) is 0.686. The Morgan fingerprint density at radius 3 is 2.64 bits per heavy atom. The molecule has 0 amide bonds. The van der Waals surface area contributed by atoms with Crippen LogP contribution in [0.25, 0.3) is 5.78 Å². The van der Waals surface area contributed by atoms with E-state index < -0.39 is 10.0 Å². The summed E-state index contributed by atoms with van der Waals surface area (Å²) in [6.07, 6.45) is 3.84. The summed E-state index contributed by atoms with van der Waals surface area (Å²) in [7, 11) is -3.55. The molecule has 0 radical (unpaired) electrons. The van der Waals surface area contributed by atoms with Gasteiger partial charge in [0.05, 0.1) is 4.90 Å². The van der Waals surface area contributed by atoms with Crippen LogP contribution in [0.15, 0.2) is 46.5 Å². The first-order valence-corrected chi connectivity index (χ1v) is 11.7. The molecule has 0 unspecified atom stereocenters. The summed E-state index contributed by atoms with van der Waals surface area (Å²) < 4.78 is 30.4. The third kappa shape index (κ3) is 3.92. The van der Waals surface area contributed by atoms with E-state index in [1.165, 1.54) is 0 Å². The van der Waals surface area contributed by atoms with Gasteiger partial charge in [0.2, 0.25) is 10.0 Å². The molecule has 0 saturated heterocycles. The zero-order chi connectivity index (χ0) is 19.7. The van der Waals surface area contributed by atoms with Crippen LogP contribution in [-0.4, -0.2) is 39.3 Å². The molecule has 4 rings (SSSR count). The lowest BCUT2D eigenvalue weighted by atomic mass is 9.96. The summed E-state index contributed by atoms with van der Waals surface area (Å²) in [4.78, 5) is 4.73. The fraction of sp³-hybridized carbons (Fsp3) is 0.421. The molecule has 0 spiro atoms. The maximum Gasteiger partial charge on any atom is 0.256 e. The number of thioether (sulfide) groups is 1. The van der Waals surface area contributed by atoms with E-state index in [0.717, 1.165) is 42.2 Å². The Labute approximate surface area is 169 Å². The molecule has 1 aliphatic carbocycles. The number of sulfonamides is 1. The van der Waals surface area contributed by atoms with Crippen LogP contribution in [0.5, 0.6) is 0 Å². The van der Waals surface area contributed by atoms with Gasteiger partial charge in [0.25, 0.3) is 5.78 Å². The predicted molar refractivity (Wildman–Crippen MR) is 109 cm³/mol. The van der Waals surface area contributed by atoms with Crippen LogP contribution in [0.1, 0.15) is 37.1 Å². The molecular weight excluding hydrogens is 394 g/mol. The second kappa shape index (κ2) is 7.81. The molecule has 148 valence electrons. The summed E-state index contributed by atoms with van der Waals surface area (Å²) in [6, 6.07) is 10.4. The molecular formula is C19H23N5O2S2. The van der Waals surface area contributed by atoms with Crippen molar-refractivity contribution in [3.05, 3.63) is 47.8 Å². The number of fused-ring (bicyclic) bond motifs is 1. The Balaban J connectivity index is 1.58. The molecule has 1 fully saturated rings. The van der Waals surface area contributed by atoms with Crippen LogP contribution in [-0.2, 0) is 10.0 Å². The monoisotopic (exact) mass is 417 g/mol. The van der Waals surface area contributed by atoms with E-state index in [1.807, 2.05) is 30.4 Å². The number of aryl methyl sites for hydroxylation is 2. The van der Waals surface area contributed by atoms with Gasteiger partial charge in [0.1, 0.15) is 0 Å². The lowest BCUT2D eigenvalue weighted by Crippen LogP contribution is -2.43. The normalized spacial score (nSPS) is 20.5. The van der Waals surface area contributed by atoms with Crippen molar-refractivity contribution in [3.63, 3.8) is 0 Å². The van der Waals surface area contributed by atoms with Gasteiger partial charge in [-0.1, -0.05) is 42.8 Å². The number of benzene rings is 1. The van der Waals surface area contributed by atoms with E-state index in [9.17, 15) is 8.42 Å². The van der Waals surface area contributed by atoms with Crippen molar-refractivity contribution in [3.8, 4) is 0 Å². The van der Waals surface area contributed by atoms with E-state index in [4.69, 9.17) is 0 Å². The number of nitrogens with one attached hydrogen (secondary N) is 1. The van der Waals surface area contributed by atoms with E-state index in [2.05, 4.69) is 19.9 Å². The molecule has 1 aromatic carbocycles. The average Bonchev–Trinajstić information content (AvgIpc) is 3.06. The van der Waals surface area contributed by atoms with Crippen LogP contribution >= 0.6 is 11.8 Å². The number of aromatic nitrogens is 4. The minimum absolute atomic E-state index is 0.0975. The van der Waals surface area contributed by atoms with Crippen molar-refractivity contribution in [2.75, 3.05) is 0 Å². The fourth-order valence-corrected chi connectivity index (χ4v) is 6.41. The highest BCUT2D eigenvalue weighted by molar-refractivity contribution is 7.99. The molecule has 0 aliphatic heterocycles. The lowest BCUT2D eigenvalue weighted by Gasteiger charge is -2.31. The van der Waals surface area contributed by atoms with Gasteiger partial charge >= 0.3 is 0 Å². The van der Waals surface area contributed by atoms with E-state index >= 15 is 0 Å². The molecule has 9 heteroatoms. The molecule has 2 aromatic heterocycles. The maximum absolute atomic E-state index is 12.8. The second-order valence-electron chi connectivity index (χ2n) is 7.14. The van der Waals surface area contributed by atoms with Crippen molar-refractivity contribution < 1.29 is 8.42 Å². The highest BCUT2D eigenvalue weighted by atomic mass is 32.2. The fourth-order valence-electron chi connectivity index (χ4n) is 3.65. The average molecular weight is 418 g/mol. The van der Waals surface area contributed by atoms with Crippen LogP contribution < -0.4 is 4.72 Å². The first-order valence-electron chi connectivity index (χ1n) is 9.37. The Hall–Kier alpha value is -1.97. The van der Waals surface area contributed by atoms with Gasteiger partial charge in [-0.25, -0.2) is 18.1 Å². The highest BCUT2D eigenvalue weighted by Gasteiger charge is 2.31.